The number of carbonyl (C=O) groups excluding carboxylic acids is 1. The maximum atomic E-state index is 12.4. The average Bonchev–Trinajstić information content (AvgIpc) is 2.40. The van der Waals surface area contributed by atoms with E-state index in [0.717, 1.165) is 5.56 Å². The Labute approximate surface area is 117 Å². The number of carbonyl (C=O) groups is 1. The molecule has 1 aliphatic rings. The van der Waals surface area contributed by atoms with Gasteiger partial charge < -0.3 is 15.1 Å². The van der Waals surface area contributed by atoms with Gasteiger partial charge >= 0.3 is 0 Å². The Balaban J connectivity index is 2.14. The van der Waals surface area contributed by atoms with E-state index in [0.29, 0.717) is 23.6 Å². The molecule has 1 amide bonds. The van der Waals surface area contributed by atoms with E-state index in [1.807, 2.05) is 13.0 Å². The third-order valence-electron chi connectivity index (χ3n) is 3.60. The molecule has 0 unspecified atom stereocenters. The third kappa shape index (κ3) is 3.08. The molecule has 2 atom stereocenters. The molecule has 2 N–H and O–H groups in total. The van der Waals surface area contributed by atoms with Gasteiger partial charge in [0.1, 0.15) is 0 Å². The molecule has 0 aromatic heterocycles. The molecule has 1 aromatic rings. The van der Waals surface area contributed by atoms with Crippen LogP contribution in [0.4, 0.5) is 0 Å². The number of aliphatic hydroxyl groups excluding tert-OH is 2. The standard InChI is InChI=1S/C14H18ClNO3/c1-9-2-3-12(15)11(6-9)14(19)16-5-4-10(8-17)13(18)7-16/h2-3,6,10,13,17-18H,4-5,7-8H2,1H3/t10-,13+/m1/s1. The number of likely N-dealkylation sites (tertiary alicyclic amines) is 1. The summed E-state index contributed by atoms with van der Waals surface area (Å²) in [7, 11) is 0. The maximum Gasteiger partial charge on any atom is 0.255 e. The lowest BCUT2D eigenvalue weighted by atomic mass is 9.94. The zero-order valence-electron chi connectivity index (χ0n) is 10.8. The molecule has 0 bridgehead atoms. The van der Waals surface area contributed by atoms with Crippen molar-refractivity contribution in [2.45, 2.75) is 19.4 Å². The van der Waals surface area contributed by atoms with Crippen molar-refractivity contribution in [1.82, 2.24) is 4.90 Å². The Hall–Kier alpha value is -1.10. The topological polar surface area (TPSA) is 60.8 Å². The summed E-state index contributed by atoms with van der Waals surface area (Å²) >= 11 is 6.05. The van der Waals surface area contributed by atoms with Crippen LogP contribution in [0.2, 0.25) is 5.02 Å². The molecule has 1 heterocycles. The number of halogens is 1. The highest BCUT2D eigenvalue weighted by Crippen LogP contribution is 2.23. The van der Waals surface area contributed by atoms with Gasteiger partial charge in [-0.3, -0.25) is 4.79 Å². The van der Waals surface area contributed by atoms with Crippen molar-refractivity contribution in [1.29, 1.82) is 0 Å². The molecule has 5 heteroatoms. The fraction of sp³-hybridized carbons (Fsp3) is 0.500. The van der Waals surface area contributed by atoms with E-state index in [2.05, 4.69) is 0 Å². The number of amides is 1. The highest BCUT2D eigenvalue weighted by atomic mass is 35.5. The van der Waals surface area contributed by atoms with Gasteiger partial charge in [0, 0.05) is 25.6 Å². The molecule has 0 aliphatic carbocycles. The minimum absolute atomic E-state index is 0.0472. The minimum atomic E-state index is -0.675. The van der Waals surface area contributed by atoms with Gasteiger partial charge in [-0.05, 0) is 25.5 Å². The number of benzene rings is 1. The summed E-state index contributed by atoms with van der Waals surface area (Å²) in [5.41, 5.74) is 1.44. The summed E-state index contributed by atoms with van der Waals surface area (Å²) in [5, 5.41) is 19.4. The average molecular weight is 284 g/mol. The molecule has 1 aliphatic heterocycles. The van der Waals surface area contributed by atoms with Gasteiger partial charge in [-0.15, -0.1) is 0 Å². The highest BCUT2D eigenvalue weighted by Gasteiger charge is 2.30. The van der Waals surface area contributed by atoms with Crippen molar-refractivity contribution in [3.05, 3.63) is 34.3 Å². The maximum absolute atomic E-state index is 12.4. The molecule has 19 heavy (non-hydrogen) atoms. The van der Waals surface area contributed by atoms with E-state index in [4.69, 9.17) is 16.7 Å². The molecular weight excluding hydrogens is 266 g/mol. The first-order chi connectivity index (χ1) is 9.02. The van der Waals surface area contributed by atoms with Gasteiger partial charge in [0.2, 0.25) is 0 Å². The summed E-state index contributed by atoms with van der Waals surface area (Å²) in [4.78, 5) is 14.0. The number of nitrogens with zero attached hydrogens (tertiary/aromatic N) is 1. The monoisotopic (exact) mass is 283 g/mol. The molecule has 0 radical (unpaired) electrons. The van der Waals surface area contributed by atoms with Gasteiger partial charge in [0.15, 0.2) is 0 Å². The summed E-state index contributed by atoms with van der Waals surface area (Å²) in [5.74, 6) is -0.304. The van der Waals surface area contributed by atoms with Gasteiger partial charge in [-0.1, -0.05) is 23.2 Å². The number of piperidine rings is 1. The number of aryl methyl sites for hydroxylation is 1. The molecule has 4 nitrogen and oxygen atoms in total. The first-order valence-corrected chi connectivity index (χ1v) is 6.75. The SMILES string of the molecule is Cc1ccc(Cl)c(C(=O)N2CC[C@H](CO)[C@@H](O)C2)c1. The Morgan fingerprint density at radius 1 is 1.53 bits per heavy atom. The van der Waals surface area contributed by atoms with Crippen molar-refractivity contribution in [3.8, 4) is 0 Å². The molecular formula is C14H18ClNO3. The Bertz CT molecular complexity index is 478. The minimum Gasteiger partial charge on any atom is -0.396 e. The lowest BCUT2D eigenvalue weighted by Gasteiger charge is -2.35. The zero-order chi connectivity index (χ0) is 14.0. The predicted octanol–water partition coefficient (Wildman–Crippen LogP) is 1.46. The van der Waals surface area contributed by atoms with Gasteiger partial charge in [-0.2, -0.15) is 0 Å². The van der Waals surface area contributed by atoms with E-state index in [-0.39, 0.29) is 25.0 Å². The molecule has 1 aromatic carbocycles. The first kappa shape index (κ1) is 14.3. The van der Waals surface area contributed by atoms with E-state index in [1.54, 1.807) is 17.0 Å². The quantitative estimate of drug-likeness (QED) is 0.864. The van der Waals surface area contributed by atoms with Crippen LogP contribution in [0.15, 0.2) is 18.2 Å². The van der Waals surface area contributed by atoms with Crippen LogP contribution in [0.25, 0.3) is 0 Å². The van der Waals surface area contributed by atoms with Crippen molar-refractivity contribution < 1.29 is 15.0 Å². The Kier molecular flexibility index (Phi) is 4.45. The number of aliphatic hydroxyl groups is 2. The van der Waals surface area contributed by atoms with Crippen LogP contribution in [0, 0.1) is 12.8 Å². The molecule has 0 saturated carbocycles. The fourth-order valence-corrected chi connectivity index (χ4v) is 2.55. The summed E-state index contributed by atoms with van der Waals surface area (Å²) in [6, 6.07) is 5.32. The second-order valence-electron chi connectivity index (χ2n) is 5.03. The second kappa shape index (κ2) is 5.90. The molecule has 0 spiro atoms. The van der Waals surface area contributed by atoms with Gasteiger partial charge in [0.25, 0.3) is 5.91 Å². The van der Waals surface area contributed by atoms with E-state index >= 15 is 0 Å². The molecule has 1 fully saturated rings. The Morgan fingerprint density at radius 2 is 2.26 bits per heavy atom. The van der Waals surface area contributed by atoms with E-state index in [1.165, 1.54) is 0 Å². The first-order valence-electron chi connectivity index (χ1n) is 6.37. The van der Waals surface area contributed by atoms with Crippen LogP contribution in [0.5, 0.6) is 0 Å². The summed E-state index contributed by atoms with van der Waals surface area (Å²) in [6.07, 6.45) is -0.0707. The predicted molar refractivity (Wildman–Crippen MR) is 73.3 cm³/mol. The number of hydrogen-bond donors (Lipinski definition) is 2. The van der Waals surface area contributed by atoms with Crippen LogP contribution < -0.4 is 0 Å². The number of β-amino-alcohol motifs (C(OH)–C–C–N with tert-alkyl or cyclic N) is 1. The number of rotatable bonds is 2. The smallest absolute Gasteiger partial charge is 0.255 e. The fourth-order valence-electron chi connectivity index (χ4n) is 2.35. The van der Waals surface area contributed by atoms with Crippen LogP contribution in [0.1, 0.15) is 22.3 Å². The lowest BCUT2D eigenvalue weighted by Crippen LogP contribution is -2.47. The van der Waals surface area contributed by atoms with Crippen molar-refractivity contribution in [2.24, 2.45) is 5.92 Å². The highest BCUT2D eigenvalue weighted by molar-refractivity contribution is 6.33. The van der Waals surface area contributed by atoms with Gasteiger partial charge in [-0.25, -0.2) is 0 Å². The van der Waals surface area contributed by atoms with Crippen LogP contribution in [-0.2, 0) is 0 Å². The van der Waals surface area contributed by atoms with E-state index in [9.17, 15) is 9.90 Å². The summed E-state index contributed by atoms with van der Waals surface area (Å²) < 4.78 is 0. The third-order valence-corrected chi connectivity index (χ3v) is 3.92. The van der Waals surface area contributed by atoms with Crippen LogP contribution in [0.3, 0.4) is 0 Å². The van der Waals surface area contributed by atoms with Crippen LogP contribution in [-0.4, -0.2) is 46.8 Å². The largest absolute Gasteiger partial charge is 0.396 e. The van der Waals surface area contributed by atoms with Gasteiger partial charge in [0.05, 0.1) is 16.7 Å². The molecule has 2 rings (SSSR count). The lowest BCUT2D eigenvalue weighted by molar-refractivity contribution is 0.000880. The normalized spacial score (nSPS) is 23.5. The van der Waals surface area contributed by atoms with Crippen molar-refractivity contribution in [2.75, 3.05) is 19.7 Å². The van der Waals surface area contributed by atoms with Crippen molar-refractivity contribution >= 4 is 17.5 Å². The molecule has 1 saturated heterocycles. The zero-order valence-corrected chi connectivity index (χ0v) is 11.6. The van der Waals surface area contributed by atoms with Crippen LogP contribution >= 0.6 is 11.6 Å². The molecule has 104 valence electrons. The Morgan fingerprint density at radius 3 is 2.89 bits per heavy atom. The number of hydrogen-bond acceptors (Lipinski definition) is 3. The van der Waals surface area contributed by atoms with E-state index < -0.39 is 6.10 Å². The van der Waals surface area contributed by atoms with Crippen molar-refractivity contribution in [3.63, 3.8) is 0 Å². The summed E-state index contributed by atoms with van der Waals surface area (Å²) in [6.45, 7) is 2.63. The second-order valence-corrected chi connectivity index (χ2v) is 5.44.